The van der Waals surface area contributed by atoms with E-state index in [9.17, 15) is 0 Å². The molecule has 0 aromatic carbocycles. The quantitative estimate of drug-likeness (QED) is 0.437. The monoisotopic (exact) mass is 203 g/mol. The van der Waals surface area contributed by atoms with E-state index in [-0.39, 0.29) is 6.29 Å². The minimum atomic E-state index is 0.00266. The zero-order valence-electron chi connectivity index (χ0n) is 9.63. The second kappa shape index (κ2) is 11.0. The van der Waals surface area contributed by atoms with Crippen molar-refractivity contribution >= 4 is 0 Å². The Balaban J connectivity index is 3.30. The van der Waals surface area contributed by atoms with Crippen LogP contribution in [0.2, 0.25) is 0 Å². The first kappa shape index (κ1) is 13.9. The van der Waals surface area contributed by atoms with E-state index in [1.807, 2.05) is 13.8 Å². The molecule has 0 bridgehead atoms. The van der Waals surface area contributed by atoms with Crippen LogP contribution in [0.25, 0.3) is 0 Å². The van der Waals surface area contributed by atoms with Crippen LogP contribution in [-0.2, 0) is 9.47 Å². The SMILES string of the molecule is CCOC(CCCCCCN)OCC. The molecule has 0 saturated heterocycles. The summed E-state index contributed by atoms with van der Waals surface area (Å²) in [4.78, 5) is 0. The lowest BCUT2D eigenvalue weighted by atomic mass is 10.1. The first-order chi connectivity index (χ1) is 6.85. The highest BCUT2D eigenvalue weighted by Gasteiger charge is 2.06. The zero-order valence-corrected chi connectivity index (χ0v) is 9.63. The van der Waals surface area contributed by atoms with E-state index in [0.29, 0.717) is 0 Å². The molecule has 0 aromatic rings. The Morgan fingerprint density at radius 2 is 1.50 bits per heavy atom. The highest BCUT2D eigenvalue weighted by atomic mass is 16.7. The molecule has 0 heterocycles. The Labute approximate surface area is 88.0 Å². The topological polar surface area (TPSA) is 44.5 Å². The van der Waals surface area contributed by atoms with Gasteiger partial charge in [0, 0.05) is 13.2 Å². The Hall–Kier alpha value is -0.120. The third-order valence-corrected chi connectivity index (χ3v) is 2.10. The van der Waals surface area contributed by atoms with Crippen molar-refractivity contribution in [1.82, 2.24) is 0 Å². The maximum atomic E-state index is 5.44. The summed E-state index contributed by atoms with van der Waals surface area (Å²) in [6, 6.07) is 0. The van der Waals surface area contributed by atoms with Crippen molar-refractivity contribution < 1.29 is 9.47 Å². The van der Waals surface area contributed by atoms with Gasteiger partial charge in [-0.3, -0.25) is 0 Å². The van der Waals surface area contributed by atoms with Crippen LogP contribution in [0.5, 0.6) is 0 Å². The van der Waals surface area contributed by atoms with E-state index in [1.165, 1.54) is 19.3 Å². The van der Waals surface area contributed by atoms with Crippen LogP contribution in [0.4, 0.5) is 0 Å². The van der Waals surface area contributed by atoms with Gasteiger partial charge in [-0.05, 0) is 39.7 Å². The van der Waals surface area contributed by atoms with E-state index in [1.54, 1.807) is 0 Å². The summed E-state index contributed by atoms with van der Waals surface area (Å²) >= 11 is 0. The van der Waals surface area contributed by atoms with Gasteiger partial charge < -0.3 is 15.2 Å². The third kappa shape index (κ3) is 8.48. The highest BCUT2D eigenvalue weighted by molar-refractivity contribution is 4.49. The molecule has 14 heavy (non-hydrogen) atoms. The molecule has 3 nitrogen and oxygen atoms in total. The van der Waals surface area contributed by atoms with Gasteiger partial charge in [-0.15, -0.1) is 0 Å². The van der Waals surface area contributed by atoms with E-state index >= 15 is 0 Å². The van der Waals surface area contributed by atoms with Gasteiger partial charge in [-0.25, -0.2) is 0 Å². The van der Waals surface area contributed by atoms with Gasteiger partial charge >= 0.3 is 0 Å². The predicted octanol–water partition coefficient (Wildman–Crippen LogP) is 2.29. The van der Waals surface area contributed by atoms with Gasteiger partial charge in [0.2, 0.25) is 0 Å². The number of hydrogen-bond acceptors (Lipinski definition) is 3. The largest absolute Gasteiger partial charge is 0.353 e. The van der Waals surface area contributed by atoms with Crippen molar-refractivity contribution in [2.24, 2.45) is 5.73 Å². The predicted molar refractivity (Wildman–Crippen MR) is 59.2 cm³/mol. The molecule has 0 radical (unpaired) electrons. The van der Waals surface area contributed by atoms with Crippen LogP contribution >= 0.6 is 0 Å². The normalized spacial score (nSPS) is 11.1. The summed E-state index contributed by atoms with van der Waals surface area (Å²) in [5.41, 5.74) is 5.42. The number of rotatable bonds is 10. The molecule has 0 atom stereocenters. The Bertz CT molecular complexity index is 103. The zero-order chi connectivity index (χ0) is 10.6. The van der Waals surface area contributed by atoms with E-state index < -0.39 is 0 Å². The van der Waals surface area contributed by atoms with E-state index in [4.69, 9.17) is 15.2 Å². The van der Waals surface area contributed by atoms with Crippen molar-refractivity contribution in [1.29, 1.82) is 0 Å². The summed E-state index contributed by atoms with van der Waals surface area (Å²) in [6.07, 6.45) is 5.77. The Morgan fingerprint density at radius 1 is 0.929 bits per heavy atom. The lowest BCUT2D eigenvalue weighted by Crippen LogP contribution is -2.17. The lowest BCUT2D eigenvalue weighted by molar-refractivity contribution is -0.140. The molecule has 0 amide bonds. The Kier molecular flexibility index (Phi) is 10.9. The fourth-order valence-corrected chi connectivity index (χ4v) is 1.40. The molecule has 2 N–H and O–H groups in total. The third-order valence-electron chi connectivity index (χ3n) is 2.10. The van der Waals surface area contributed by atoms with Crippen molar-refractivity contribution in [3.05, 3.63) is 0 Å². The molecule has 86 valence electrons. The highest BCUT2D eigenvalue weighted by Crippen LogP contribution is 2.09. The summed E-state index contributed by atoms with van der Waals surface area (Å²) < 4.78 is 10.9. The van der Waals surface area contributed by atoms with Crippen LogP contribution in [0, 0.1) is 0 Å². The maximum absolute atomic E-state index is 5.44. The van der Waals surface area contributed by atoms with Crippen molar-refractivity contribution in [2.75, 3.05) is 19.8 Å². The standard InChI is InChI=1S/C11H25NO2/c1-3-13-11(14-4-2)9-7-5-6-8-10-12/h11H,3-10,12H2,1-2H3. The van der Waals surface area contributed by atoms with Gasteiger partial charge in [0.25, 0.3) is 0 Å². The molecule has 3 heteroatoms. The molecule has 0 rings (SSSR count). The number of hydrogen-bond donors (Lipinski definition) is 1. The molecular weight excluding hydrogens is 178 g/mol. The average molecular weight is 203 g/mol. The molecule has 0 unspecified atom stereocenters. The van der Waals surface area contributed by atoms with Crippen LogP contribution in [0.3, 0.4) is 0 Å². The van der Waals surface area contributed by atoms with Crippen LogP contribution < -0.4 is 5.73 Å². The van der Waals surface area contributed by atoms with Crippen molar-refractivity contribution in [3.8, 4) is 0 Å². The van der Waals surface area contributed by atoms with E-state index in [2.05, 4.69) is 0 Å². The van der Waals surface area contributed by atoms with Crippen molar-refractivity contribution in [3.63, 3.8) is 0 Å². The fraction of sp³-hybridized carbons (Fsp3) is 1.00. The molecule has 0 aliphatic heterocycles. The summed E-state index contributed by atoms with van der Waals surface area (Å²) in [5, 5.41) is 0. The smallest absolute Gasteiger partial charge is 0.157 e. The first-order valence-corrected chi connectivity index (χ1v) is 5.78. The van der Waals surface area contributed by atoms with Crippen LogP contribution in [0.15, 0.2) is 0 Å². The van der Waals surface area contributed by atoms with Gasteiger partial charge in [-0.2, -0.15) is 0 Å². The number of ether oxygens (including phenoxy) is 2. The second-order valence-electron chi connectivity index (χ2n) is 3.33. The molecule has 0 aromatic heterocycles. The maximum Gasteiger partial charge on any atom is 0.157 e. The first-order valence-electron chi connectivity index (χ1n) is 5.78. The van der Waals surface area contributed by atoms with Gasteiger partial charge in [0.1, 0.15) is 0 Å². The Morgan fingerprint density at radius 3 is 2.00 bits per heavy atom. The van der Waals surface area contributed by atoms with Crippen molar-refractivity contribution in [2.45, 2.75) is 52.2 Å². The van der Waals surface area contributed by atoms with E-state index in [0.717, 1.165) is 32.6 Å². The fourth-order valence-electron chi connectivity index (χ4n) is 1.40. The molecule has 0 aliphatic rings. The minimum Gasteiger partial charge on any atom is -0.353 e. The molecule has 0 fully saturated rings. The molecule has 0 saturated carbocycles. The van der Waals surface area contributed by atoms with Crippen LogP contribution in [0.1, 0.15) is 46.0 Å². The number of unbranched alkanes of at least 4 members (excludes halogenated alkanes) is 3. The molecule has 0 aliphatic carbocycles. The summed E-state index contributed by atoms with van der Waals surface area (Å²) in [6.45, 7) is 6.27. The second-order valence-corrected chi connectivity index (χ2v) is 3.33. The van der Waals surface area contributed by atoms with Gasteiger partial charge in [-0.1, -0.05) is 12.8 Å². The summed E-state index contributed by atoms with van der Waals surface area (Å²) in [7, 11) is 0. The van der Waals surface area contributed by atoms with Crippen LogP contribution in [-0.4, -0.2) is 26.0 Å². The number of nitrogens with two attached hydrogens (primary N) is 1. The van der Waals surface area contributed by atoms with Gasteiger partial charge in [0.05, 0.1) is 0 Å². The summed E-state index contributed by atoms with van der Waals surface area (Å²) in [5.74, 6) is 0. The molecular formula is C11H25NO2. The molecule has 0 spiro atoms. The minimum absolute atomic E-state index is 0.00266. The average Bonchev–Trinajstić information content (AvgIpc) is 2.18. The lowest BCUT2D eigenvalue weighted by Gasteiger charge is -2.16. The van der Waals surface area contributed by atoms with Gasteiger partial charge in [0.15, 0.2) is 6.29 Å².